The Morgan fingerprint density at radius 2 is 2.04 bits per heavy atom. The molecule has 2 aliphatic rings. The molecular formula is C16H19ClN2O4. The highest BCUT2D eigenvalue weighted by atomic mass is 35.5. The monoisotopic (exact) mass is 338 g/mol. The van der Waals surface area contributed by atoms with Crippen LogP contribution in [-0.4, -0.2) is 52.7 Å². The van der Waals surface area contributed by atoms with Gasteiger partial charge in [-0.05, 0) is 37.5 Å². The number of piperidine rings is 2. The summed E-state index contributed by atoms with van der Waals surface area (Å²) < 4.78 is 0. The lowest BCUT2D eigenvalue weighted by Gasteiger charge is -2.44. The number of carbonyl (C=O) groups is 2. The van der Waals surface area contributed by atoms with Gasteiger partial charge >= 0.3 is 0 Å². The standard InChI is InChI=1S/C16H19ClN2O4/c17-10-1-2-12(13(21)7-10)14(22)19-5-3-16(4-6-19)8-11(20)9-18-15(16)23/h1-2,7,11,20-21H,3-6,8-9H2,(H,18,23). The van der Waals surface area contributed by atoms with E-state index in [1.807, 2.05) is 0 Å². The first kappa shape index (κ1) is 16.1. The Bertz CT molecular complexity index is 641. The first-order valence-electron chi connectivity index (χ1n) is 7.65. The van der Waals surface area contributed by atoms with E-state index in [-0.39, 0.29) is 23.1 Å². The highest BCUT2D eigenvalue weighted by Gasteiger charge is 2.46. The molecule has 6 nitrogen and oxygen atoms in total. The van der Waals surface area contributed by atoms with Crippen LogP contribution in [0.2, 0.25) is 5.02 Å². The molecule has 1 atom stereocenters. The maximum Gasteiger partial charge on any atom is 0.257 e. The molecule has 3 N–H and O–H groups in total. The Morgan fingerprint density at radius 1 is 1.35 bits per heavy atom. The average Bonchev–Trinajstić information content (AvgIpc) is 2.51. The Kier molecular flexibility index (Phi) is 4.21. The summed E-state index contributed by atoms with van der Waals surface area (Å²) >= 11 is 5.78. The van der Waals surface area contributed by atoms with Gasteiger partial charge in [-0.25, -0.2) is 0 Å². The van der Waals surface area contributed by atoms with Crippen molar-refractivity contribution in [3.63, 3.8) is 0 Å². The van der Waals surface area contributed by atoms with Crippen LogP contribution >= 0.6 is 11.6 Å². The van der Waals surface area contributed by atoms with Crippen molar-refractivity contribution in [2.45, 2.75) is 25.4 Å². The molecule has 1 unspecified atom stereocenters. The second-order valence-corrected chi connectivity index (χ2v) is 6.74. The number of hydrogen-bond donors (Lipinski definition) is 3. The maximum absolute atomic E-state index is 12.5. The van der Waals surface area contributed by atoms with Crippen LogP contribution in [0.4, 0.5) is 0 Å². The molecule has 0 aliphatic carbocycles. The van der Waals surface area contributed by atoms with Crippen molar-refractivity contribution in [1.29, 1.82) is 0 Å². The van der Waals surface area contributed by atoms with Crippen LogP contribution in [0.15, 0.2) is 18.2 Å². The highest BCUT2D eigenvalue weighted by Crippen LogP contribution is 2.39. The van der Waals surface area contributed by atoms with Crippen LogP contribution in [0.3, 0.4) is 0 Å². The van der Waals surface area contributed by atoms with Gasteiger partial charge in [0.05, 0.1) is 17.1 Å². The molecule has 2 saturated heterocycles. The van der Waals surface area contributed by atoms with E-state index in [1.165, 1.54) is 12.1 Å². The van der Waals surface area contributed by atoms with E-state index in [9.17, 15) is 19.8 Å². The smallest absolute Gasteiger partial charge is 0.257 e. The number of phenolic OH excluding ortho intramolecular Hbond substituents is 1. The minimum Gasteiger partial charge on any atom is -0.507 e. The van der Waals surface area contributed by atoms with Crippen molar-refractivity contribution in [2.24, 2.45) is 5.41 Å². The quantitative estimate of drug-likeness (QED) is 0.716. The summed E-state index contributed by atoms with van der Waals surface area (Å²) in [5, 5.41) is 22.8. The molecule has 23 heavy (non-hydrogen) atoms. The zero-order valence-electron chi connectivity index (χ0n) is 12.6. The lowest BCUT2D eigenvalue weighted by atomic mass is 9.71. The summed E-state index contributed by atoms with van der Waals surface area (Å²) in [5.41, 5.74) is -0.380. The lowest BCUT2D eigenvalue weighted by Crippen LogP contribution is -2.56. The van der Waals surface area contributed by atoms with Gasteiger partial charge in [0.25, 0.3) is 5.91 Å². The number of hydrogen-bond acceptors (Lipinski definition) is 4. The molecule has 0 aromatic heterocycles. The number of halogens is 1. The molecular weight excluding hydrogens is 320 g/mol. The number of aliphatic hydroxyl groups is 1. The van der Waals surface area contributed by atoms with Crippen molar-refractivity contribution >= 4 is 23.4 Å². The van der Waals surface area contributed by atoms with Gasteiger partial charge in [0, 0.05) is 24.7 Å². The number of rotatable bonds is 1. The largest absolute Gasteiger partial charge is 0.507 e. The molecule has 2 amide bonds. The molecule has 3 rings (SSSR count). The van der Waals surface area contributed by atoms with Crippen LogP contribution in [0.5, 0.6) is 5.75 Å². The number of aromatic hydroxyl groups is 1. The van der Waals surface area contributed by atoms with Crippen molar-refractivity contribution in [2.75, 3.05) is 19.6 Å². The number of β-amino-alcohol motifs (C(OH)–C–C–N with tert-alkyl or cyclic N) is 1. The summed E-state index contributed by atoms with van der Waals surface area (Å²) in [5.74, 6) is -0.455. The third kappa shape index (κ3) is 3.01. The van der Waals surface area contributed by atoms with Gasteiger partial charge in [-0.3, -0.25) is 9.59 Å². The van der Waals surface area contributed by atoms with E-state index in [0.29, 0.717) is 43.9 Å². The number of carbonyl (C=O) groups excluding carboxylic acids is 2. The van der Waals surface area contributed by atoms with Crippen LogP contribution in [0.25, 0.3) is 0 Å². The normalized spacial score (nSPS) is 23.7. The van der Waals surface area contributed by atoms with Gasteiger partial charge in [0.1, 0.15) is 5.75 Å². The molecule has 2 heterocycles. The van der Waals surface area contributed by atoms with Gasteiger partial charge < -0.3 is 20.4 Å². The summed E-state index contributed by atoms with van der Waals surface area (Å²) in [6.45, 7) is 1.13. The van der Waals surface area contributed by atoms with Crippen LogP contribution < -0.4 is 5.32 Å². The second kappa shape index (κ2) is 6.02. The maximum atomic E-state index is 12.5. The van der Waals surface area contributed by atoms with E-state index in [2.05, 4.69) is 5.32 Å². The average molecular weight is 339 g/mol. The Labute approximate surface area is 139 Å². The van der Waals surface area contributed by atoms with Crippen LogP contribution in [-0.2, 0) is 4.79 Å². The number of phenols is 1. The van der Waals surface area contributed by atoms with Crippen LogP contribution in [0.1, 0.15) is 29.6 Å². The van der Waals surface area contributed by atoms with E-state index in [0.717, 1.165) is 0 Å². The van der Waals surface area contributed by atoms with E-state index in [4.69, 9.17) is 11.6 Å². The van der Waals surface area contributed by atoms with Gasteiger partial charge in [0.15, 0.2) is 0 Å². The lowest BCUT2D eigenvalue weighted by molar-refractivity contribution is -0.140. The molecule has 2 fully saturated rings. The second-order valence-electron chi connectivity index (χ2n) is 6.30. The molecule has 0 radical (unpaired) electrons. The zero-order chi connectivity index (χ0) is 16.6. The first-order chi connectivity index (χ1) is 10.9. The summed E-state index contributed by atoms with van der Waals surface area (Å²) in [6, 6.07) is 4.40. The molecule has 1 aromatic rings. The van der Waals surface area contributed by atoms with Gasteiger partial charge in [0.2, 0.25) is 5.91 Å². The van der Waals surface area contributed by atoms with Crippen molar-refractivity contribution < 1.29 is 19.8 Å². The fourth-order valence-corrected chi connectivity index (χ4v) is 3.61. The van der Waals surface area contributed by atoms with Gasteiger partial charge in [-0.15, -0.1) is 0 Å². The number of nitrogens with one attached hydrogen (secondary N) is 1. The third-order valence-corrected chi connectivity index (χ3v) is 5.04. The molecule has 7 heteroatoms. The fourth-order valence-electron chi connectivity index (χ4n) is 3.44. The number of nitrogens with zero attached hydrogens (tertiary/aromatic N) is 1. The summed E-state index contributed by atoms with van der Waals surface area (Å²) in [7, 11) is 0. The highest BCUT2D eigenvalue weighted by molar-refractivity contribution is 6.30. The molecule has 0 saturated carbocycles. The topological polar surface area (TPSA) is 89.9 Å². The SMILES string of the molecule is O=C(c1ccc(Cl)cc1O)N1CCC2(CC1)CC(O)CNC2=O. The van der Waals surface area contributed by atoms with Crippen molar-refractivity contribution in [3.05, 3.63) is 28.8 Å². The minimum atomic E-state index is -0.587. The molecule has 1 aromatic carbocycles. The number of aliphatic hydroxyl groups excluding tert-OH is 1. The van der Waals surface area contributed by atoms with E-state index < -0.39 is 11.5 Å². The van der Waals surface area contributed by atoms with Crippen molar-refractivity contribution in [1.82, 2.24) is 10.2 Å². The Hall–Kier alpha value is -1.79. The summed E-state index contributed by atoms with van der Waals surface area (Å²) in [4.78, 5) is 26.3. The predicted molar refractivity (Wildman–Crippen MR) is 84.3 cm³/mol. The molecule has 2 aliphatic heterocycles. The van der Waals surface area contributed by atoms with Crippen LogP contribution in [0, 0.1) is 5.41 Å². The summed E-state index contributed by atoms with van der Waals surface area (Å²) in [6.07, 6.45) is 0.925. The Morgan fingerprint density at radius 3 is 2.70 bits per heavy atom. The molecule has 0 bridgehead atoms. The van der Waals surface area contributed by atoms with Gasteiger partial charge in [-0.2, -0.15) is 0 Å². The zero-order valence-corrected chi connectivity index (χ0v) is 13.3. The minimum absolute atomic E-state index is 0.0377. The number of benzene rings is 1. The van der Waals surface area contributed by atoms with Gasteiger partial charge in [-0.1, -0.05) is 11.6 Å². The predicted octanol–water partition coefficient (Wildman–Crippen LogP) is 1.15. The van der Waals surface area contributed by atoms with E-state index >= 15 is 0 Å². The first-order valence-corrected chi connectivity index (χ1v) is 8.03. The Balaban J connectivity index is 1.71. The molecule has 124 valence electrons. The number of likely N-dealkylation sites (tertiary alicyclic amines) is 1. The third-order valence-electron chi connectivity index (χ3n) is 4.80. The number of amides is 2. The fraction of sp³-hybridized carbons (Fsp3) is 0.500. The van der Waals surface area contributed by atoms with E-state index in [1.54, 1.807) is 11.0 Å². The molecule has 1 spiro atoms. The van der Waals surface area contributed by atoms with Crippen molar-refractivity contribution in [3.8, 4) is 5.75 Å².